The van der Waals surface area contributed by atoms with Crippen LogP contribution in [0.15, 0.2) is 12.2 Å². The van der Waals surface area contributed by atoms with E-state index in [4.69, 9.17) is 6.42 Å². The van der Waals surface area contributed by atoms with Crippen molar-refractivity contribution >= 4 is 5.78 Å². The summed E-state index contributed by atoms with van der Waals surface area (Å²) < 4.78 is 0. The number of allylic oxidation sites excluding steroid dienone is 1. The van der Waals surface area contributed by atoms with E-state index in [0.29, 0.717) is 12.8 Å². The van der Waals surface area contributed by atoms with E-state index in [1.54, 1.807) is 19.1 Å². The highest BCUT2D eigenvalue weighted by atomic mass is 16.3. The van der Waals surface area contributed by atoms with Crippen LogP contribution in [-0.4, -0.2) is 17.0 Å². The number of carbonyl (C=O) groups excluding carboxylic acids is 1. The lowest BCUT2D eigenvalue weighted by Gasteiger charge is -2.03. The highest BCUT2D eigenvalue weighted by Gasteiger charge is 1.99. The van der Waals surface area contributed by atoms with Crippen molar-refractivity contribution in [2.45, 2.75) is 45.1 Å². The molecule has 1 unspecified atom stereocenters. The lowest BCUT2D eigenvalue weighted by molar-refractivity contribution is -0.117. The van der Waals surface area contributed by atoms with E-state index in [0.717, 1.165) is 19.3 Å². The summed E-state index contributed by atoms with van der Waals surface area (Å²) in [6.07, 6.45) is 11.8. The van der Waals surface area contributed by atoms with Crippen LogP contribution in [0.1, 0.15) is 39.0 Å². The molecule has 1 N–H and O–H groups in total. The molecule has 0 aromatic carbocycles. The van der Waals surface area contributed by atoms with Crippen LogP contribution >= 0.6 is 0 Å². The zero-order valence-electron chi connectivity index (χ0n) is 9.70. The third-order valence-corrected chi connectivity index (χ3v) is 2.07. The second-order valence-corrected chi connectivity index (χ2v) is 3.64. The van der Waals surface area contributed by atoms with Crippen LogP contribution in [0.5, 0.6) is 0 Å². The summed E-state index contributed by atoms with van der Waals surface area (Å²) in [5.74, 6) is 7.46. The molecule has 2 nitrogen and oxygen atoms in total. The number of terminal acetylenes is 1. The molecule has 0 aromatic rings. The van der Waals surface area contributed by atoms with E-state index in [1.165, 1.54) is 0 Å². The molecule has 86 valence electrons. The van der Waals surface area contributed by atoms with Gasteiger partial charge in [0.05, 0.1) is 6.10 Å². The Balaban J connectivity index is 3.51. The molecule has 0 rings (SSSR count). The molecule has 0 bridgehead atoms. The van der Waals surface area contributed by atoms with Gasteiger partial charge in [0.25, 0.3) is 0 Å². The maximum absolute atomic E-state index is 10.7. The van der Waals surface area contributed by atoms with Gasteiger partial charge in [-0.15, -0.1) is 6.42 Å². The monoisotopic (exact) mass is 218 g/mol. The molecule has 0 saturated carbocycles. The van der Waals surface area contributed by atoms with E-state index >= 15 is 0 Å². The summed E-state index contributed by atoms with van der Waals surface area (Å²) in [6.45, 7) is 1.60. The first-order valence-electron chi connectivity index (χ1n) is 5.47. The topological polar surface area (TPSA) is 37.3 Å². The van der Waals surface area contributed by atoms with Gasteiger partial charge in [0.2, 0.25) is 0 Å². The Kier molecular flexibility index (Phi) is 9.08. The maximum Gasteiger partial charge on any atom is 0.129 e. The molecule has 0 aromatic heterocycles. The van der Waals surface area contributed by atoms with Gasteiger partial charge in [0.15, 0.2) is 0 Å². The Bertz CT molecular complexity index is 323. The van der Waals surface area contributed by atoms with Crippen molar-refractivity contribution in [1.82, 2.24) is 0 Å². The van der Waals surface area contributed by atoms with Gasteiger partial charge in [-0.1, -0.05) is 18.8 Å². The fraction of sp³-hybridized carbons (Fsp3) is 0.500. The highest BCUT2D eigenvalue weighted by Crippen LogP contribution is 2.06. The van der Waals surface area contributed by atoms with Crippen LogP contribution < -0.4 is 0 Å². The minimum atomic E-state index is -0.468. The zero-order valence-corrected chi connectivity index (χ0v) is 9.70. The molecule has 0 amide bonds. The number of Topliss-reactive ketones (excluding diaryl/α,β-unsaturated/α-hetero) is 1. The van der Waals surface area contributed by atoms with Crippen molar-refractivity contribution in [2.75, 3.05) is 0 Å². The molecule has 0 saturated heterocycles. The van der Waals surface area contributed by atoms with Gasteiger partial charge in [-0.3, -0.25) is 0 Å². The van der Waals surface area contributed by atoms with Crippen LogP contribution in [0, 0.1) is 24.2 Å². The van der Waals surface area contributed by atoms with Crippen molar-refractivity contribution in [1.29, 1.82) is 0 Å². The molecule has 0 aliphatic carbocycles. The molecule has 16 heavy (non-hydrogen) atoms. The molecule has 0 aliphatic rings. The number of ketones is 1. The van der Waals surface area contributed by atoms with Gasteiger partial charge in [-0.05, 0) is 43.8 Å². The van der Waals surface area contributed by atoms with Crippen LogP contribution in [0.25, 0.3) is 0 Å². The lowest BCUT2D eigenvalue weighted by Crippen LogP contribution is -2.01. The highest BCUT2D eigenvalue weighted by molar-refractivity contribution is 5.75. The summed E-state index contributed by atoms with van der Waals surface area (Å²) in [6, 6.07) is 0. The molecule has 0 spiro atoms. The van der Waals surface area contributed by atoms with Gasteiger partial charge < -0.3 is 9.90 Å². The minimum Gasteiger partial charge on any atom is -0.389 e. The van der Waals surface area contributed by atoms with E-state index < -0.39 is 6.10 Å². The predicted molar refractivity (Wildman–Crippen MR) is 65.5 cm³/mol. The van der Waals surface area contributed by atoms with Crippen LogP contribution in [0.2, 0.25) is 0 Å². The largest absolute Gasteiger partial charge is 0.389 e. The number of rotatable bonds is 7. The Hall–Kier alpha value is -1.51. The van der Waals surface area contributed by atoms with Crippen molar-refractivity contribution in [3.05, 3.63) is 12.2 Å². The molecule has 0 aliphatic heterocycles. The predicted octanol–water partition coefficient (Wildman–Crippen LogP) is 2.08. The first kappa shape index (κ1) is 14.5. The summed E-state index contributed by atoms with van der Waals surface area (Å²) in [7, 11) is 0. The number of carbonyl (C=O) groups is 1. The third-order valence-electron chi connectivity index (χ3n) is 2.07. The zero-order chi connectivity index (χ0) is 12.2. The van der Waals surface area contributed by atoms with Crippen molar-refractivity contribution in [2.24, 2.45) is 0 Å². The number of unbranched alkanes of at least 4 members (excludes halogenated alkanes) is 2. The maximum atomic E-state index is 10.7. The van der Waals surface area contributed by atoms with Gasteiger partial charge in [-0.2, -0.15) is 0 Å². The average molecular weight is 218 g/mol. The summed E-state index contributed by atoms with van der Waals surface area (Å²) in [5.41, 5.74) is 0. The number of hydrogen-bond acceptors (Lipinski definition) is 2. The number of aliphatic hydroxyl groups is 1. The minimum absolute atomic E-state index is 0.227. The Morgan fingerprint density at radius 2 is 2.19 bits per heavy atom. The van der Waals surface area contributed by atoms with Crippen LogP contribution in [0.4, 0.5) is 0 Å². The number of hydrogen-bond donors (Lipinski definition) is 1. The quantitative estimate of drug-likeness (QED) is 0.524. The number of aliphatic hydroxyl groups excluding tert-OH is 1. The molecular formula is C14H18O2. The molecule has 0 heterocycles. The van der Waals surface area contributed by atoms with Gasteiger partial charge in [-0.25, -0.2) is 0 Å². The van der Waals surface area contributed by atoms with Crippen molar-refractivity contribution in [3.8, 4) is 24.2 Å². The van der Waals surface area contributed by atoms with Crippen LogP contribution in [-0.2, 0) is 4.79 Å². The molecule has 0 radical (unpaired) electrons. The molecule has 0 fully saturated rings. The Morgan fingerprint density at radius 3 is 2.81 bits per heavy atom. The standard InChI is InChI=1S/C14H18O2/c1-3-4-5-8-11-14(16)12-9-6-7-10-13(2)15/h1,8,11,14,16H,6-7,9-10,12H2,2H3/b11-8+. The smallest absolute Gasteiger partial charge is 0.129 e. The first-order valence-corrected chi connectivity index (χ1v) is 5.47. The summed E-state index contributed by atoms with van der Waals surface area (Å²) in [5, 5.41) is 9.48. The van der Waals surface area contributed by atoms with E-state index in [9.17, 15) is 9.90 Å². The molecular weight excluding hydrogens is 200 g/mol. The van der Waals surface area contributed by atoms with Gasteiger partial charge in [0.1, 0.15) is 5.78 Å². The molecule has 2 heteroatoms. The normalized spacial score (nSPS) is 11.6. The third kappa shape index (κ3) is 10.6. The Labute approximate surface area is 97.7 Å². The Morgan fingerprint density at radius 1 is 1.44 bits per heavy atom. The summed E-state index contributed by atoms with van der Waals surface area (Å²) >= 11 is 0. The fourth-order valence-corrected chi connectivity index (χ4v) is 1.24. The van der Waals surface area contributed by atoms with E-state index in [-0.39, 0.29) is 5.78 Å². The van der Waals surface area contributed by atoms with E-state index in [2.05, 4.69) is 17.8 Å². The van der Waals surface area contributed by atoms with E-state index in [1.807, 2.05) is 0 Å². The van der Waals surface area contributed by atoms with Gasteiger partial charge in [0, 0.05) is 6.42 Å². The SMILES string of the molecule is C#CC#C/C=C/C(O)CCCCCC(C)=O. The lowest BCUT2D eigenvalue weighted by atomic mass is 10.1. The second-order valence-electron chi connectivity index (χ2n) is 3.64. The fourth-order valence-electron chi connectivity index (χ4n) is 1.24. The molecule has 1 atom stereocenters. The average Bonchev–Trinajstić information content (AvgIpc) is 2.23. The van der Waals surface area contributed by atoms with Gasteiger partial charge >= 0.3 is 0 Å². The van der Waals surface area contributed by atoms with Crippen molar-refractivity contribution < 1.29 is 9.90 Å². The summed E-state index contributed by atoms with van der Waals surface area (Å²) in [4.78, 5) is 10.7. The van der Waals surface area contributed by atoms with Crippen LogP contribution in [0.3, 0.4) is 0 Å². The van der Waals surface area contributed by atoms with Crippen molar-refractivity contribution in [3.63, 3.8) is 0 Å². The first-order chi connectivity index (χ1) is 7.66. The second kappa shape index (κ2) is 10.0.